The Balaban J connectivity index is 1.62. The van der Waals surface area contributed by atoms with Gasteiger partial charge in [0.15, 0.2) is 15.9 Å². The van der Waals surface area contributed by atoms with Crippen LogP contribution in [0, 0.1) is 6.92 Å². The number of ether oxygens (including phenoxy) is 2. The van der Waals surface area contributed by atoms with Crippen molar-refractivity contribution in [2.24, 2.45) is 0 Å². The van der Waals surface area contributed by atoms with E-state index in [2.05, 4.69) is 10.2 Å². The maximum atomic E-state index is 12.5. The summed E-state index contributed by atoms with van der Waals surface area (Å²) in [6.07, 6.45) is 0.000376. The third kappa shape index (κ3) is 5.83. The number of nitrogens with zero attached hydrogens (tertiary/aromatic N) is 1. The van der Waals surface area contributed by atoms with Crippen LogP contribution in [0.3, 0.4) is 0 Å². The van der Waals surface area contributed by atoms with Crippen molar-refractivity contribution in [3.8, 4) is 0 Å². The molecule has 1 amide bonds. The Morgan fingerprint density at radius 3 is 2.35 bits per heavy atom. The topological polar surface area (TPSA) is 102 Å². The molecule has 2 aromatic rings. The molecule has 1 fully saturated rings. The number of morpholine rings is 1. The summed E-state index contributed by atoms with van der Waals surface area (Å²) >= 11 is 0. The second-order valence-electron chi connectivity index (χ2n) is 7.43. The smallest absolute Gasteiger partial charge is 0.339 e. The van der Waals surface area contributed by atoms with Gasteiger partial charge in [0, 0.05) is 30.7 Å². The zero-order chi connectivity index (χ0) is 22.6. The molecule has 0 radical (unpaired) electrons. The minimum Gasteiger partial charge on any atom is -0.449 e. The highest BCUT2D eigenvalue weighted by atomic mass is 32.2. The van der Waals surface area contributed by atoms with E-state index in [1.54, 1.807) is 19.1 Å². The van der Waals surface area contributed by atoms with Crippen molar-refractivity contribution < 1.29 is 27.5 Å². The number of sulfone groups is 1. The molecule has 1 saturated heterocycles. The van der Waals surface area contributed by atoms with Crippen molar-refractivity contribution in [3.63, 3.8) is 0 Å². The zero-order valence-corrected chi connectivity index (χ0v) is 18.6. The average molecular weight is 447 g/mol. The second kappa shape index (κ2) is 9.49. The van der Waals surface area contributed by atoms with Crippen LogP contribution in [0.5, 0.6) is 0 Å². The van der Waals surface area contributed by atoms with Gasteiger partial charge in [0.05, 0.1) is 23.7 Å². The lowest BCUT2D eigenvalue weighted by Gasteiger charge is -2.28. The molecule has 9 heteroatoms. The number of aryl methyl sites for hydroxylation is 1. The van der Waals surface area contributed by atoms with Crippen molar-refractivity contribution >= 4 is 33.1 Å². The first kappa shape index (κ1) is 22.8. The van der Waals surface area contributed by atoms with E-state index in [4.69, 9.17) is 9.47 Å². The lowest BCUT2D eigenvalue weighted by molar-refractivity contribution is -0.123. The summed E-state index contributed by atoms with van der Waals surface area (Å²) in [4.78, 5) is 27.2. The van der Waals surface area contributed by atoms with E-state index in [0.717, 1.165) is 25.0 Å². The molecule has 1 unspecified atom stereocenters. The zero-order valence-electron chi connectivity index (χ0n) is 17.8. The van der Waals surface area contributed by atoms with Gasteiger partial charge in [0.2, 0.25) is 0 Å². The largest absolute Gasteiger partial charge is 0.449 e. The molecule has 0 saturated carbocycles. The number of benzene rings is 2. The van der Waals surface area contributed by atoms with Crippen LogP contribution in [0.2, 0.25) is 0 Å². The fourth-order valence-corrected chi connectivity index (χ4v) is 3.80. The normalized spacial score (nSPS) is 15.3. The fourth-order valence-electron chi connectivity index (χ4n) is 3.15. The Hall–Kier alpha value is -2.91. The highest BCUT2D eigenvalue weighted by Gasteiger charge is 2.22. The van der Waals surface area contributed by atoms with Crippen LogP contribution >= 0.6 is 0 Å². The number of carbonyl (C=O) groups is 2. The van der Waals surface area contributed by atoms with Gasteiger partial charge in [-0.05, 0) is 55.8 Å². The Morgan fingerprint density at radius 1 is 1.10 bits per heavy atom. The SMILES string of the molecule is Cc1ccc(S(C)(=O)=O)cc1C(=O)OC(C)C(=O)Nc1ccc(N2CCOCC2)cc1. The fraction of sp³-hybridized carbons (Fsp3) is 0.364. The Bertz CT molecular complexity index is 1060. The van der Waals surface area contributed by atoms with Crippen LogP contribution in [0.15, 0.2) is 47.4 Å². The predicted molar refractivity (Wildman–Crippen MR) is 117 cm³/mol. The molecule has 31 heavy (non-hydrogen) atoms. The van der Waals surface area contributed by atoms with E-state index in [1.165, 1.54) is 25.1 Å². The molecule has 0 bridgehead atoms. The third-order valence-electron chi connectivity index (χ3n) is 5.02. The van der Waals surface area contributed by atoms with E-state index in [0.29, 0.717) is 24.5 Å². The van der Waals surface area contributed by atoms with Crippen molar-refractivity contribution in [2.45, 2.75) is 24.8 Å². The van der Waals surface area contributed by atoms with Gasteiger partial charge in [-0.1, -0.05) is 6.07 Å². The molecule has 1 aliphatic rings. The van der Waals surface area contributed by atoms with Crippen LogP contribution in [-0.2, 0) is 24.1 Å². The van der Waals surface area contributed by atoms with Gasteiger partial charge in [-0.2, -0.15) is 0 Å². The number of amides is 1. The molecule has 0 aliphatic carbocycles. The monoisotopic (exact) mass is 446 g/mol. The van der Waals surface area contributed by atoms with Crippen LogP contribution in [-0.4, -0.2) is 59.0 Å². The van der Waals surface area contributed by atoms with E-state index in [9.17, 15) is 18.0 Å². The van der Waals surface area contributed by atoms with Gasteiger partial charge < -0.3 is 19.7 Å². The number of hydrogen-bond acceptors (Lipinski definition) is 7. The summed E-state index contributed by atoms with van der Waals surface area (Å²) in [5, 5.41) is 2.72. The highest BCUT2D eigenvalue weighted by Crippen LogP contribution is 2.20. The summed E-state index contributed by atoms with van der Waals surface area (Å²) < 4.78 is 34.1. The third-order valence-corrected chi connectivity index (χ3v) is 6.13. The molecule has 1 aliphatic heterocycles. The lowest BCUT2D eigenvalue weighted by atomic mass is 10.1. The summed E-state index contributed by atoms with van der Waals surface area (Å²) in [5.41, 5.74) is 2.29. The number of esters is 1. The summed E-state index contributed by atoms with van der Waals surface area (Å²) in [5.74, 6) is -1.24. The van der Waals surface area contributed by atoms with Gasteiger partial charge in [0.25, 0.3) is 5.91 Å². The van der Waals surface area contributed by atoms with Gasteiger partial charge in [-0.3, -0.25) is 4.79 Å². The second-order valence-corrected chi connectivity index (χ2v) is 9.45. The molecule has 2 aromatic carbocycles. The standard InChI is InChI=1S/C22H26N2O6S/c1-15-4-9-19(31(3,27)28)14-20(15)22(26)30-16(2)21(25)23-17-5-7-18(8-6-17)24-10-12-29-13-11-24/h4-9,14,16H,10-13H2,1-3H3,(H,23,25). The van der Waals surface area contributed by atoms with Crippen LogP contribution in [0.1, 0.15) is 22.8 Å². The Kier molecular flexibility index (Phi) is 6.97. The first-order valence-corrected chi connectivity index (χ1v) is 11.8. The van der Waals surface area contributed by atoms with Crippen molar-refractivity contribution in [2.75, 3.05) is 42.8 Å². The van der Waals surface area contributed by atoms with Crippen LogP contribution in [0.25, 0.3) is 0 Å². The molecule has 1 atom stereocenters. The van der Waals surface area contributed by atoms with Crippen molar-refractivity contribution in [1.82, 2.24) is 0 Å². The van der Waals surface area contributed by atoms with Gasteiger partial charge in [0.1, 0.15) is 0 Å². The summed E-state index contributed by atoms with van der Waals surface area (Å²) in [7, 11) is -3.47. The number of rotatable bonds is 6. The van der Waals surface area contributed by atoms with Crippen LogP contribution in [0.4, 0.5) is 11.4 Å². The Morgan fingerprint density at radius 2 is 1.74 bits per heavy atom. The summed E-state index contributed by atoms with van der Waals surface area (Å²) in [6.45, 7) is 6.15. The molecule has 1 heterocycles. The van der Waals surface area contributed by atoms with E-state index >= 15 is 0 Å². The van der Waals surface area contributed by atoms with E-state index < -0.39 is 27.8 Å². The number of nitrogens with one attached hydrogen (secondary N) is 1. The molecule has 166 valence electrons. The van der Waals surface area contributed by atoms with Gasteiger partial charge in [-0.15, -0.1) is 0 Å². The average Bonchev–Trinajstić information content (AvgIpc) is 2.74. The predicted octanol–water partition coefficient (Wildman–Crippen LogP) is 2.42. The minimum atomic E-state index is -3.47. The molecule has 8 nitrogen and oxygen atoms in total. The molecule has 1 N–H and O–H groups in total. The van der Waals surface area contributed by atoms with E-state index in [1.807, 2.05) is 12.1 Å². The maximum absolute atomic E-state index is 12.5. The lowest BCUT2D eigenvalue weighted by Crippen LogP contribution is -2.36. The molecular weight excluding hydrogens is 420 g/mol. The molecular formula is C22H26N2O6S. The first-order chi connectivity index (χ1) is 14.6. The quantitative estimate of drug-likeness (QED) is 0.680. The molecule has 3 rings (SSSR count). The van der Waals surface area contributed by atoms with E-state index in [-0.39, 0.29) is 10.5 Å². The number of anilines is 2. The Labute approximate surface area is 182 Å². The van der Waals surface area contributed by atoms with Crippen molar-refractivity contribution in [3.05, 3.63) is 53.6 Å². The molecule has 0 aromatic heterocycles. The van der Waals surface area contributed by atoms with Crippen molar-refractivity contribution in [1.29, 1.82) is 0 Å². The highest BCUT2D eigenvalue weighted by molar-refractivity contribution is 7.90. The van der Waals surface area contributed by atoms with Gasteiger partial charge in [-0.25, -0.2) is 13.2 Å². The number of carbonyl (C=O) groups excluding carboxylic acids is 2. The summed E-state index contributed by atoms with van der Waals surface area (Å²) in [6, 6.07) is 11.6. The maximum Gasteiger partial charge on any atom is 0.339 e. The molecule has 0 spiro atoms. The first-order valence-electron chi connectivity index (χ1n) is 9.90. The van der Waals surface area contributed by atoms with Crippen LogP contribution < -0.4 is 10.2 Å². The number of hydrogen-bond donors (Lipinski definition) is 1. The van der Waals surface area contributed by atoms with Gasteiger partial charge >= 0.3 is 5.97 Å². The minimum absolute atomic E-state index is 0.0162.